The molecule has 4 nitrogen and oxygen atoms in total. The first-order valence-corrected chi connectivity index (χ1v) is 8.09. The SMILES string of the molecule is O=P(O)(O)OC(F)(F)C(F)(F)C(F)(F)C(F)(F)C(F)(F)C(F)(F)C(F)(F)C(F)(F)C(F)(F)F. The Bertz CT molecular complexity index is 779. The van der Waals surface area contributed by atoms with Gasteiger partial charge in [-0.1, -0.05) is 0 Å². The van der Waals surface area contributed by atoms with Gasteiger partial charge in [-0.05, 0) is 0 Å². The van der Waals surface area contributed by atoms with Gasteiger partial charge in [0.15, 0.2) is 0 Å². The van der Waals surface area contributed by atoms with Gasteiger partial charge < -0.3 is 9.79 Å². The van der Waals surface area contributed by atoms with E-state index < -0.39 is 61.6 Å². The minimum Gasteiger partial charge on any atom is -0.303 e. The summed E-state index contributed by atoms with van der Waals surface area (Å²) in [6.07, 6.45) is -15.7. The average molecular weight is 566 g/mol. The Morgan fingerprint density at radius 2 is 0.636 bits per heavy atom. The van der Waals surface area contributed by atoms with Crippen molar-refractivity contribution < 1.29 is 102 Å². The van der Waals surface area contributed by atoms with Crippen molar-refractivity contribution in [3.05, 3.63) is 0 Å². The molecule has 0 aliphatic carbocycles. The third-order valence-corrected chi connectivity index (χ3v) is 3.79. The van der Waals surface area contributed by atoms with E-state index in [0.29, 0.717) is 0 Å². The number of phosphoric ester groups is 1. The molecule has 0 fully saturated rings. The van der Waals surface area contributed by atoms with Gasteiger partial charge >= 0.3 is 61.6 Å². The van der Waals surface area contributed by atoms with Gasteiger partial charge in [-0.3, -0.25) is 0 Å². The van der Waals surface area contributed by atoms with Gasteiger partial charge in [0.1, 0.15) is 0 Å². The average Bonchev–Trinajstić information content (AvgIpc) is 2.49. The fourth-order valence-electron chi connectivity index (χ4n) is 1.55. The van der Waals surface area contributed by atoms with Gasteiger partial charge in [-0.15, -0.1) is 0 Å². The normalized spacial score (nSPS) is 16.9. The molecule has 33 heavy (non-hydrogen) atoms. The molecule has 0 bridgehead atoms. The number of phosphoric acid groups is 1. The molecule has 0 unspecified atom stereocenters. The first-order chi connectivity index (χ1) is 13.7. The van der Waals surface area contributed by atoms with Crippen molar-refractivity contribution in [1.29, 1.82) is 0 Å². The summed E-state index contributed by atoms with van der Waals surface area (Å²) in [6, 6.07) is 0. The fourth-order valence-corrected chi connectivity index (χ4v) is 1.97. The maximum absolute atomic E-state index is 13.2. The highest BCUT2D eigenvalue weighted by Gasteiger charge is 2.97. The van der Waals surface area contributed by atoms with Crippen molar-refractivity contribution in [2.24, 2.45) is 0 Å². The highest BCUT2D eigenvalue weighted by Crippen LogP contribution is 2.66. The van der Waals surface area contributed by atoms with Crippen LogP contribution in [0, 0.1) is 0 Å². The fraction of sp³-hybridized carbons (Fsp3) is 1.00. The van der Waals surface area contributed by atoms with Crippen molar-refractivity contribution in [3.63, 3.8) is 0 Å². The van der Waals surface area contributed by atoms with Crippen LogP contribution in [0.15, 0.2) is 0 Å². The van der Waals surface area contributed by atoms with Gasteiger partial charge in [0, 0.05) is 0 Å². The van der Waals surface area contributed by atoms with E-state index in [1.807, 2.05) is 0 Å². The Morgan fingerprint density at radius 3 is 0.848 bits per heavy atom. The molecule has 0 saturated heterocycles. The summed E-state index contributed by atoms with van der Waals surface area (Å²) in [4.78, 5) is 15.7. The van der Waals surface area contributed by atoms with Gasteiger partial charge in [0.25, 0.3) is 0 Å². The predicted octanol–water partition coefficient (Wildman–Crippen LogP) is 5.70. The van der Waals surface area contributed by atoms with Crippen molar-refractivity contribution in [2.45, 2.75) is 53.7 Å². The Kier molecular flexibility index (Phi) is 7.36. The number of rotatable bonds is 9. The molecular formula is C9H2F19O4P. The van der Waals surface area contributed by atoms with Crippen LogP contribution in [0.1, 0.15) is 0 Å². The molecule has 0 aromatic carbocycles. The van der Waals surface area contributed by atoms with Crippen molar-refractivity contribution in [1.82, 2.24) is 0 Å². The monoisotopic (exact) mass is 566 g/mol. The number of halogens is 19. The molecule has 0 heterocycles. The van der Waals surface area contributed by atoms with Crippen LogP contribution in [0.25, 0.3) is 0 Å². The summed E-state index contributed by atoms with van der Waals surface area (Å²) in [5.74, 6) is -61.8. The molecular weight excluding hydrogens is 564 g/mol. The zero-order valence-electron chi connectivity index (χ0n) is 13.8. The lowest BCUT2D eigenvalue weighted by atomic mass is 9.88. The first-order valence-electron chi connectivity index (χ1n) is 6.56. The second-order valence-electron chi connectivity index (χ2n) is 5.62. The molecule has 24 heteroatoms. The summed E-state index contributed by atoms with van der Waals surface area (Å²) in [5, 5.41) is 0. The summed E-state index contributed by atoms with van der Waals surface area (Å²) in [5.41, 5.74) is 0. The summed E-state index contributed by atoms with van der Waals surface area (Å²) in [6.45, 7) is 0. The van der Waals surface area contributed by atoms with Crippen molar-refractivity contribution >= 4 is 7.82 Å². The van der Waals surface area contributed by atoms with Crippen LogP contribution in [-0.2, 0) is 9.09 Å². The highest BCUT2D eigenvalue weighted by atomic mass is 31.2. The molecule has 0 rings (SSSR count). The Labute approximate surface area is 165 Å². The molecule has 0 aromatic heterocycles. The van der Waals surface area contributed by atoms with Gasteiger partial charge in [0.2, 0.25) is 0 Å². The minimum atomic E-state index is -9.12. The second kappa shape index (κ2) is 7.64. The van der Waals surface area contributed by atoms with Crippen LogP contribution >= 0.6 is 7.82 Å². The lowest BCUT2D eigenvalue weighted by Crippen LogP contribution is -2.75. The maximum atomic E-state index is 13.2. The lowest BCUT2D eigenvalue weighted by Gasteiger charge is -2.43. The Hall–Kier alpha value is -1.22. The molecule has 0 spiro atoms. The summed E-state index contributed by atoms with van der Waals surface area (Å²) < 4.78 is 256. The van der Waals surface area contributed by atoms with E-state index in [-0.39, 0.29) is 0 Å². The number of hydrogen-bond donors (Lipinski definition) is 2. The van der Waals surface area contributed by atoms with E-state index in [0.717, 1.165) is 0 Å². The Balaban J connectivity index is 6.92. The van der Waals surface area contributed by atoms with Crippen molar-refractivity contribution in [3.8, 4) is 0 Å². The molecule has 0 aliphatic heterocycles. The molecule has 0 aromatic rings. The molecule has 0 aliphatic rings. The first kappa shape index (κ1) is 31.8. The minimum absolute atomic E-state index is 1.66. The molecule has 2 N–H and O–H groups in total. The van der Waals surface area contributed by atoms with Crippen LogP contribution in [0.4, 0.5) is 83.4 Å². The van der Waals surface area contributed by atoms with Crippen molar-refractivity contribution in [2.75, 3.05) is 0 Å². The van der Waals surface area contributed by atoms with E-state index >= 15 is 0 Å². The zero-order valence-corrected chi connectivity index (χ0v) is 14.7. The quantitative estimate of drug-likeness (QED) is 0.278. The van der Waals surface area contributed by atoms with E-state index in [9.17, 15) is 88.0 Å². The third kappa shape index (κ3) is 4.32. The lowest BCUT2D eigenvalue weighted by molar-refractivity contribution is -0.477. The van der Waals surface area contributed by atoms with E-state index in [4.69, 9.17) is 9.79 Å². The van der Waals surface area contributed by atoms with E-state index in [1.165, 1.54) is 0 Å². The maximum Gasteiger partial charge on any atom is 0.474 e. The Morgan fingerprint density at radius 1 is 0.424 bits per heavy atom. The topological polar surface area (TPSA) is 66.8 Å². The molecule has 0 saturated carbocycles. The van der Waals surface area contributed by atoms with Crippen LogP contribution in [0.5, 0.6) is 0 Å². The number of alkyl halides is 19. The molecule has 0 radical (unpaired) electrons. The van der Waals surface area contributed by atoms with Crippen LogP contribution in [-0.4, -0.2) is 63.5 Å². The zero-order chi connectivity index (χ0) is 27.7. The van der Waals surface area contributed by atoms with Gasteiger partial charge in [-0.25, -0.2) is 9.09 Å². The standard InChI is InChI=1S/C9H2F19O4P/c10-1(11,2(12,13)4(16,17)6(20,21)8(24,25)26)3(14,15)5(18,19)7(22,23)9(27,28)32-33(29,30)31/h(H2,29,30,31). The largest absolute Gasteiger partial charge is 0.474 e. The van der Waals surface area contributed by atoms with Crippen LogP contribution in [0.2, 0.25) is 0 Å². The van der Waals surface area contributed by atoms with E-state index in [1.54, 1.807) is 4.52 Å². The summed E-state index contributed by atoms with van der Waals surface area (Å²) >= 11 is 0. The molecule has 0 atom stereocenters. The van der Waals surface area contributed by atoms with Gasteiger partial charge in [-0.2, -0.15) is 83.4 Å². The number of hydrogen-bond acceptors (Lipinski definition) is 2. The van der Waals surface area contributed by atoms with Crippen LogP contribution < -0.4 is 0 Å². The summed E-state index contributed by atoms with van der Waals surface area (Å²) in [7, 11) is -7.13. The second-order valence-corrected chi connectivity index (χ2v) is 6.78. The predicted molar refractivity (Wildman–Crippen MR) is 58.8 cm³/mol. The smallest absolute Gasteiger partial charge is 0.303 e. The van der Waals surface area contributed by atoms with Gasteiger partial charge in [0.05, 0.1) is 0 Å². The van der Waals surface area contributed by atoms with E-state index in [2.05, 4.69) is 0 Å². The molecule has 0 amide bonds. The highest BCUT2D eigenvalue weighted by molar-refractivity contribution is 7.46. The molecule has 200 valence electrons. The van der Waals surface area contributed by atoms with Crippen LogP contribution in [0.3, 0.4) is 0 Å². The third-order valence-electron chi connectivity index (χ3n) is 3.32.